The number of piperidine rings is 1. The number of fused-ring (bicyclic) bond motifs is 1. The highest BCUT2D eigenvalue weighted by atomic mass is 32.1. The molecule has 0 bridgehead atoms. The minimum atomic E-state index is 0.0108. The molecule has 1 aliphatic rings. The van der Waals surface area contributed by atoms with E-state index in [2.05, 4.69) is 16.8 Å². The number of hydrogen-bond donors (Lipinski definition) is 1. The molecule has 19 heavy (non-hydrogen) atoms. The van der Waals surface area contributed by atoms with Crippen LogP contribution in [0.25, 0.3) is 4.96 Å². The monoisotopic (exact) mass is 281 g/mol. The summed E-state index contributed by atoms with van der Waals surface area (Å²) in [6.45, 7) is 4.05. The molecule has 0 aliphatic carbocycles. The van der Waals surface area contributed by atoms with E-state index in [0.717, 1.165) is 36.0 Å². The number of aliphatic hydroxyl groups excluding tert-OH is 1. The molecule has 104 valence electrons. The lowest BCUT2D eigenvalue weighted by molar-refractivity contribution is 0.0495. The number of aromatic nitrogens is 2. The van der Waals surface area contributed by atoms with E-state index in [1.165, 1.54) is 0 Å². The zero-order valence-corrected chi connectivity index (χ0v) is 12.1. The van der Waals surface area contributed by atoms with Gasteiger partial charge in [-0.15, -0.1) is 11.3 Å². The van der Waals surface area contributed by atoms with Gasteiger partial charge >= 0.3 is 0 Å². The highest BCUT2D eigenvalue weighted by Crippen LogP contribution is 2.29. The second-order valence-electron chi connectivity index (χ2n) is 5.08. The lowest BCUT2D eigenvalue weighted by atomic mass is 9.96. The molecule has 1 fully saturated rings. The second kappa shape index (κ2) is 5.11. The van der Waals surface area contributed by atoms with Gasteiger partial charge in [0.2, 0.25) is 0 Å². The molecule has 2 atom stereocenters. The summed E-state index contributed by atoms with van der Waals surface area (Å²) in [6, 6.07) is 0. The number of anilines is 1. The van der Waals surface area contributed by atoms with Crippen LogP contribution < -0.4 is 4.90 Å². The lowest BCUT2D eigenvalue weighted by Gasteiger charge is -2.36. The van der Waals surface area contributed by atoms with Gasteiger partial charge in [-0.3, -0.25) is 4.40 Å². The van der Waals surface area contributed by atoms with Gasteiger partial charge in [0.05, 0.1) is 18.4 Å². The van der Waals surface area contributed by atoms with Crippen LogP contribution in [0, 0.1) is 5.92 Å². The number of ether oxygens (including phenoxy) is 1. The van der Waals surface area contributed by atoms with Gasteiger partial charge in [0.25, 0.3) is 0 Å². The number of thiazole rings is 1. The van der Waals surface area contributed by atoms with Crippen molar-refractivity contribution in [1.82, 2.24) is 9.38 Å². The fourth-order valence-electron chi connectivity index (χ4n) is 2.75. The third-order valence-corrected chi connectivity index (χ3v) is 4.74. The van der Waals surface area contributed by atoms with E-state index in [0.29, 0.717) is 5.92 Å². The molecule has 3 heterocycles. The Morgan fingerprint density at radius 3 is 3.16 bits per heavy atom. The predicted octanol–water partition coefficient (Wildman–Crippen LogP) is 1.75. The SMILES string of the molecule is COC1CN(c2nc3sccn3c2CO)CCC1C. The van der Waals surface area contributed by atoms with E-state index < -0.39 is 0 Å². The standard InChI is InChI=1S/C13H19N3O2S/c1-9-3-4-15(7-11(9)18-2)12-10(8-17)16-5-6-19-13(16)14-12/h5-6,9,11,17H,3-4,7-8H2,1-2H3. The van der Waals surface area contributed by atoms with Crippen LogP contribution in [0.2, 0.25) is 0 Å². The van der Waals surface area contributed by atoms with Gasteiger partial charge in [-0.25, -0.2) is 4.98 Å². The van der Waals surface area contributed by atoms with Gasteiger partial charge in [-0.05, 0) is 12.3 Å². The van der Waals surface area contributed by atoms with Crippen LogP contribution >= 0.6 is 11.3 Å². The van der Waals surface area contributed by atoms with Crippen molar-refractivity contribution in [2.45, 2.75) is 26.1 Å². The maximum absolute atomic E-state index is 9.62. The van der Waals surface area contributed by atoms with Crippen molar-refractivity contribution in [3.05, 3.63) is 17.3 Å². The fraction of sp³-hybridized carbons (Fsp3) is 0.615. The smallest absolute Gasteiger partial charge is 0.195 e. The molecule has 0 radical (unpaired) electrons. The molecule has 5 nitrogen and oxygen atoms in total. The third-order valence-electron chi connectivity index (χ3n) is 3.98. The fourth-order valence-corrected chi connectivity index (χ4v) is 3.48. The second-order valence-corrected chi connectivity index (χ2v) is 5.95. The Morgan fingerprint density at radius 2 is 2.42 bits per heavy atom. The molecule has 0 spiro atoms. The van der Waals surface area contributed by atoms with Crippen molar-refractivity contribution in [3.8, 4) is 0 Å². The van der Waals surface area contributed by atoms with E-state index in [4.69, 9.17) is 4.74 Å². The number of hydrogen-bond acceptors (Lipinski definition) is 5. The molecule has 1 N–H and O–H groups in total. The maximum atomic E-state index is 9.62. The van der Waals surface area contributed by atoms with Gasteiger partial charge in [-0.2, -0.15) is 0 Å². The molecular formula is C13H19N3O2S. The summed E-state index contributed by atoms with van der Waals surface area (Å²) in [6.07, 6.45) is 3.29. The van der Waals surface area contributed by atoms with E-state index >= 15 is 0 Å². The van der Waals surface area contributed by atoms with Crippen LogP contribution in [-0.2, 0) is 11.3 Å². The average molecular weight is 281 g/mol. The Kier molecular flexibility index (Phi) is 3.47. The molecule has 2 aromatic rings. The quantitative estimate of drug-likeness (QED) is 0.931. The molecular weight excluding hydrogens is 262 g/mol. The van der Waals surface area contributed by atoms with Crippen molar-refractivity contribution in [2.24, 2.45) is 5.92 Å². The minimum absolute atomic E-state index is 0.0108. The summed E-state index contributed by atoms with van der Waals surface area (Å²) >= 11 is 1.59. The highest BCUT2D eigenvalue weighted by molar-refractivity contribution is 7.15. The van der Waals surface area contributed by atoms with E-state index in [9.17, 15) is 5.11 Å². The first-order valence-corrected chi connectivity index (χ1v) is 7.45. The molecule has 0 saturated carbocycles. The van der Waals surface area contributed by atoms with Gasteiger partial charge in [0.15, 0.2) is 10.8 Å². The topological polar surface area (TPSA) is 50.0 Å². The molecule has 2 unspecified atom stereocenters. The number of nitrogens with zero attached hydrogens (tertiary/aromatic N) is 3. The van der Waals surface area contributed by atoms with Gasteiger partial charge < -0.3 is 14.7 Å². The normalized spacial score (nSPS) is 24.3. The lowest BCUT2D eigenvalue weighted by Crippen LogP contribution is -2.44. The zero-order chi connectivity index (χ0) is 13.4. The molecule has 1 aliphatic heterocycles. The Hall–Kier alpha value is -1.11. The number of methoxy groups -OCH3 is 1. The van der Waals surface area contributed by atoms with Crippen LogP contribution in [0.1, 0.15) is 19.0 Å². The van der Waals surface area contributed by atoms with E-state index in [1.54, 1.807) is 18.4 Å². The summed E-state index contributed by atoms with van der Waals surface area (Å²) in [5.74, 6) is 1.48. The highest BCUT2D eigenvalue weighted by Gasteiger charge is 2.29. The van der Waals surface area contributed by atoms with Crippen LogP contribution in [-0.4, -0.2) is 40.8 Å². The molecule has 2 aromatic heterocycles. The largest absolute Gasteiger partial charge is 0.390 e. The van der Waals surface area contributed by atoms with Crippen molar-refractivity contribution in [1.29, 1.82) is 0 Å². The molecule has 6 heteroatoms. The Bertz CT molecular complexity index is 565. The maximum Gasteiger partial charge on any atom is 0.195 e. The van der Waals surface area contributed by atoms with Crippen LogP contribution in [0.15, 0.2) is 11.6 Å². The summed E-state index contributed by atoms with van der Waals surface area (Å²) in [5.41, 5.74) is 0.876. The molecule has 1 saturated heterocycles. The van der Waals surface area contributed by atoms with E-state index in [-0.39, 0.29) is 12.7 Å². The van der Waals surface area contributed by atoms with Crippen LogP contribution in [0.5, 0.6) is 0 Å². The third kappa shape index (κ3) is 2.13. The Morgan fingerprint density at radius 1 is 1.58 bits per heavy atom. The predicted molar refractivity (Wildman–Crippen MR) is 75.8 cm³/mol. The van der Waals surface area contributed by atoms with Crippen molar-refractivity contribution >= 4 is 22.1 Å². The van der Waals surface area contributed by atoms with Crippen molar-refractivity contribution in [3.63, 3.8) is 0 Å². The number of imidazole rings is 1. The summed E-state index contributed by atoms with van der Waals surface area (Å²) in [5, 5.41) is 11.6. The molecule has 0 aromatic carbocycles. The van der Waals surface area contributed by atoms with E-state index in [1.807, 2.05) is 16.0 Å². The zero-order valence-electron chi connectivity index (χ0n) is 11.2. The van der Waals surface area contributed by atoms with Crippen molar-refractivity contribution < 1.29 is 9.84 Å². The van der Waals surface area contributed by atoms with Gasteiger partial charge in [-0.1, -0.05) is 6.92 Å². The Balaban J connectivity index is 1.93. The molecule has 0 amide bonds. The van der Waals surface area contributed by atoms with Crippen molar-refractivity contribution in [2.75, 3.05) is 25.1 Å². The first kappa shape index (κ1) is 12.9. The number of aliphatic hydroxyl groups is 1. The average Bonchev–Trinajstić information content (AvgIpc) is 2.99. The summed E-state index contributed by atoms with van der Waals surface area (Å²) in [4.78, 5) is 7.83. The summed E-state index contributed by atoms with van der Waals surface area (Å²) < 4.78 is 7.52. The minimum Gasteiger partial charge on any atom is -0.390 e. The van der Waals surface area contributed by atoms with Gasteiger partial charge in [0, 0.05) is 31.8 Å². The number of rotatable bonds is 3. The summed E-state index contributed by atoms with van der Waals surface area (Å²) in [7, 11) is 1.77. The van der Waals surface area contributed by atoms with Crippen LogP contribution in [0.3, 0.4) is 0 Å². The van der Waals surface area contributed by atoms with Crippen LogP contribution in [0.4, 0.5) is 5.82 Å². The Labute approximate surface area is 116 Å². The van der Waals surface area contributed by atoms with Gasteiger partial charge in [0.1, 0.15) is 0 Å². The molecule has 3 rings (SSSR count). The first-order chi connectivity index (χ1) is 9.24. The first-order valence-electron chi connectivity index (χ1n) is 6.57.